The number of hydrogen-bond donors (Lipinski definition) is 3. The minimum Gasteiger partial charge on any atom is -0.504 e. The summed E-state index contributed by atoms with van der Waals surface area (Å²) in [5.41, 5.74) is -0.454. The van der Waals surface area contributed by atoms with Gasteiger partial charge in [-0.15, -0.1) is 0 Å². The van der Waals surface area contributed by atoms with Gasteiger partial charge in [0.2, 0.25) is 6.29 Å². The molecule has 0 spiro atoms. The van der Waals surface area contributed by atoms with Crippen LogP contribution >= 0.6 is 0 Å². The predicted octanol–water partition coefficient (Wildman–Crippen LogP) is -0.212. The minimum absolute atomic E-state index is 0.0842. The summed E-state index contributed by atoms with van der Waals surface area (Å²) in [6, 6.07) is -1.40. The number of rotatable bonds is 4. The van der Waals surface area contributed by atoms with Gasteiger partial charge in [-0.05, 0) is 13.0 Å². The molecule has 1 unspecified atom stereocenters. The zero-order chi connectivity index (χ0) is 18.7. The third-order valence-corrected chi connectivity index (χ3v) is 3.73. The summed E-state index contributed by atoms with van der Waals surface area (Å²) in [5.74, 6) is -4.43. The number of nitrogens with one attached hydrogen (secondary N) is 1. The smallest absolute Gasteiger partial charge is 0.325 e. The van der Waals surface area contributed by atoms with Crippen molar-refractivity contribution in [3.05, 3.63) is 23.5 Å². The standard InChI is InChI=1S/C15H15FN3O6/c1-2-18-3-4-19(14(24)13(18)23)15(25)17-10(7-20)8-5-11(21)12(22)6-9(8)16/h5-6,10,21-22H,2-4H2,1H3,(H,17,25). The molecule has 1 fully saturated rings. The zero-order valence-corrected chi connectivity index (χ0v) is 13.2. The van der Waals surface area contributed by atoms with Crippen LogP contribution in [0.2, 0.25) is 0 Å². The molecule has 1 atom stereocenters. The first kappa shape index (κ1) is 18.2. The van der Waals surface area contributed by atoms with Gasteiger partial charge in [-0.3, -0.25) is 19.3 Å². The number of phenolic OH excluding ortho intramolecular Hbond substituents is 2. The zero-order valence-electron chi connectivity index (χ0n) is 13.2. The molecule has 1 heterocycles. The molecule has 1 radical (unpaired) electrons. The topological polar surface area (TPSA) is 127 Å². The lowest BCUT2D eigenvalue weighted by atomic mass is 10.1. The lowest BCUT2D eigenvalue weighted by molar-refractivity contribution is -0.153. The summed E-state index contributed by atoms with van der Waals surface area (Å²) >= 11 is 0. The van der Waals surface area contributed by atoms with E-state index in [9.17, 15) is 33.8 Å². The summed E-state index contributed by atoms with van der Waals surface area (Å²) < 4.78 is 13.9. The van der Waals surface area contributed by atoms with E-state index < -0.39 is 46.8 Å². The summed E-state index contributed by atoms with van der Waals surface area (Å²) in [6.45, 7) is 2.04. The summed E-state index contributed by atoms with van der Waals surface area (Å²) in [6.07, 6.45) is 1.37. The number of halogens is 1. The molecule has 0 saturated carbocycles. The number of piperazine rings is 1. The van der Waals surface area contributed by atoms with Gasteiger partial charge in [0.1, 0.15) is 11.9 Å². The summed E-state index contributed by atoms with van der Waals surface area (Å²) in [4.78, 5) is 48.8. The van der Waals surface area contributed by atoms with Crippen LogP contribution in [0.4, 0.5) is 9.18 Å². The molecule has 4 amide bonds. The number of nitrogens with zero attached hydrogens (tertiary/aromatic N) is 2. The molecule has 1 aliphatic rings. The Bertz CT molecular complexity index is 738. The largest absolute Gasteiger partial charge is 0.504 e. The molecular weight excluding hydrogens is 337 g/mol. The SMILES string of the molecule is CCN1CCN(C(=O)NC([C]=O)c2cc(O)c(O)cc2F)C(=O)C1=O. The predicted molar refractivity (Wildman–Crippen MR) is 80.7 cm³/mol. The van der Waals surface area contributed by atoms with Gasteiger partial charge in [-0.2, -0.15) is 0 Å². The van der Waals surface area contributed by atoms with Crippen LogP contribution in [0.3, 0.4) is 0 Å². The number of hydrogen-bond acceptors (Lipinski definition) is 6. The first-order valence-electron chi connectivity index (χ1n) is 7.30. The third kappa shape index (κ3) is 3.52. The Balaban J connectivity index is 2.18. The maximum atomic E-state index is 13.9. The Morgan fingerprint density at radius 3 is 2.52 bits per heavy atom. The number of urea groups is 1. The molecule has 1 aromatic carbocycles. The molecule has 0 aromatic heterocycles. The number of amides is 4. The maximum Gasteiger partial charge on any atom is 0.325 e. The van der Waals surface area contributed by atoms with E-state index in [-0.39, 0.29) is 13.1 Å². The van der Waals surface area contributed by atoms with Gasteiger partial charge in [0, 0.05) is 31.3 Å². The number of carbonyl (C=O) groups excluding carboxylic acids is 4. The molecule has 1 aromatic rings. The van der Waals surface area contributed by atoms with Gasteiger partial charge in [0.25, 0.3) is 0 Å². The number of likely N-dealkylation sites (N-methyl/N-ethyl adjacent to an activating group) is 1. The van der Waals surface area contributed by atoms with Gasteiger partial charge in [0.05, 0.1) is 0 Å². The van der Waals surface area contributed by atoms with Gasteiger partial charge < -0.3 is 20.4 Å². The molecular formula is C15H15FN3O6. The van der Waals surface area contributed by atoms with E-state index in [1.807, 2.05) is 0 Å². The van der Waals surface area contributed by atoms with Crippen molar-refractivity contribution in [1.29, 1.82) is 0 Å². The van der Waals surface area contributed by atoms with Crippen molar-refractivity contribution in [2.45, 2.75) is 13.0 Å². The van der Waals surface area contributed by atoms with E-state index >= 15 is 0 Å². The highest BCUT2D eigenvalue weighted by Crippen LogP contribution is 2.30. The Morgan fingerprint density at radius 2 is 1.92 bits per heavy atom. The van der Waals surface area contributed by atoms with Gasteiger partial charge in [0.15, 0.2) is 11.5 Å². The first-order valence-corrected chi connectivity index (χ1v) is 7.30. The van der Waals surface area contributed by atoms with Crippen molar-refractivity contribution in [2.75, 3.05) is 19.6 Å². The van der Waals surface area contributed by atoms with Crippen molar-refractivity contribution >= 4 is 24.1 Å². The second-order valence-corrected chi connectivity index (χ2v) is 5.20. The molecule has 9 nitrogen and oxygen atoms in total. The average molecular weight is 352 g/mol. The van der Waals surface area contributed by atoms with Crippen molar-refractivity contribution < 1.29 is 33.8 Å². The molecule has 1 aliphatic heterocycles. The summed E-state index contributed by atoms with van der Waals surface area (Å²) in [5, 5.41) is 20.7. The molecule has 3 N–H and O–H groups in total. The highest BCUT2D eigenvalue weighted by molar-refractivity contribution is 6.38. The van der Waals surface area contributed by atoms with Crippen LogP contribution in [0.15, 0.2) is 12.1 Å². The van der Waals surface area contributed by atoms with E-state index in [0.29, 0.717) is 17.5 Å². The van der Waals surface area contributed by atoms with Crippen molar-refractivity contribution in [3.8, 4) is 11.5 Å². The fourth-order valence-electron chi connectivity index (χ4n) is 2.33. The highest BCUT2D eigenvalue weighted by Gasteiger charge is 2.36. The number of aromatic hydroxyl groups is 2. The Kier molecular flexibility index (Phi) is 5.20. The van der Waals surface area contributed by atoms with Crippen LogP contribution in [0.5, 0.6) is 11.5 Å². The molecule has 25 heavy (non-hydrogen) atoms. The van der Waals surface area contributed by atoms with Crippen LogP contribution in [0, 0.1) is 5.82 Å². The van der Waals surface area contributed by atoms with E-state index in [0.717, 1.165) is 6.07 Å². The highest BCUT2D eigenvalue weighted by atomic mass is 19.1. The number of benzene rings is 1. The normalized spacial score (nSPS) is 15.9. The molecule has 0 aliphatic carbocycles. The van der Waals surface area contributed by atoms with E-state index in [2.05, 4.69) is 5.32 Å². The molecule has 10 heteroatoms. The number of imide groups is 1. The molecule has 2 rings (SSSR count). The molecule has 1 saturated heterocycles. The monoisotopic (exact) mass is 352 g/mol. The second-order valence-electron chi connectivity index (χ2n) is 5.20. The van der Waals surface area contributed by atoms with Gasteiger partial charge >= 0.3 is 17.8 Å². The molecule has 133 valence electrons. The Labute approximate surface area is 141 Å². The number of phenols is 2. The van der Waals surface area contributed by atoms with Crippen molar-refractivity contribution in [3.63, 3.8) is 0 Å². The second kappa shape index (κ2) is 7.16. The Morgan fingerprint density at radius 1 is 1.28 bits per heavy atom. The first-order chi connectivity index (χ1) is 11.8. The van der Waals surface area contributed by atoms with Crippen molar-refractivity contribution in [1.82, 2.24) is 15.1 Å². The van der Waals surface area contributed by atoms with Crippen LogP contribution < -0.4 is 5.32 Å². The van der Waals surface area contributed by atoms with Crippen LogP contribution in [-0.4, -0.2) is 63.8 Å². The average Bonchev–Trinajstić information content (AvgIpc) is 2.58. The number of carbonyl (C=O) groups is 3. The van der Waals surface area contributed by atoms with Crippen LogP contribution in [0.1, 0.15) is 18.5 Å². The lowest BCUT2D eigenvalue weighted by Crippen LogP contribution is -2.58. The maximum absolute atomic E-state index is 13.9. The quantitative estimate of drug-likeness (QED) is 0.508. The molecule has 0 bridgehead atoms. The Hall–Kier alpha value is -3.17. The van der Waals surface area contributed by atoms with E-state index in [1.54, 1.807) is 6.92 Å². The van der Waals surface area contributed by atoms with Gasteiger partial charge in [-0.1, -0.05) is 0 Å². The van der Waals surface area contributed by atoms with Crippen LogP contribution in [0.25, 0.3) is 0 Å². The van der Waals surface area contributed by atoms with Crippen molar-refractivity contribution in [2.24, 2.45) is 0 Å². The van der Waals surface area contributed by atoms with E-state index in [1.165, 1.54) is 11.2 Å². The van der Waals surface area contributed by atoms with Gasteiger partial charge in [-0.25, -0.2) is 9.18 Å². The van der Waals surface area contributed by atoms with E-state index in [4.69, 9.17) is 0 Å². The summed E-state index contributed by atoms with van der Waals surface area (Å²) in [7, 11) is 0. The fraction of sp³-hybridized carbons (Fsp3) is 0.333. The third-order valence-electron chi connectivity index (χ3n) is 3.73. The lowest BCUT2D eigenvalue weighted by Gasteiger charge is -2.32. The van der Waals surface area contributed by atoms with Crippen LogP contribution in [-0.2, 0) is 14.4 Å². The fourth-order valence-corrected chi connectivity index (χ4v) is 2.33. The minimum atomic E-state index is -1.65.